The number of hydrogen-bond acceptors (Lipinski definition) is 2. The second-order valence-corrected chi connectivity index (χ2v) is 4.78. The molecule has 1 N–H and O–H groups in total. The standard InChI is InChI=1S/C13H28N2/c1-4-12(5-2)11-15-9-7-8-13(15)10-14-6-3/h12-14H,4-11H2,1-3H3. The Bertz CT molecular complexity index is 155. The Kier molecular flexibility index (Phi) is 6.26. The van der Waals surface area contributed by atoms with E-state index in [4.69, 9.17) is 0 Å². The van der Waals surface area contributed by atoms with Gasteiger partial charge < -0.3 is 5.32 Å². The fraction of sp³-hybridized carbons (Fsp3) is 1.00. The molecule has 0 aromatic heterocycles. The summed E-state index contributed by atoms with van der Waals surface area (Å²) < 4.78 is 0. The summed E-state index contributed by atoms with van der Waals surface area (Å²) in [6.07, 6.45) is 5.46. The molecular formula is C13H28N2. The van der Waals surface area contributed by atoms with E-state index in [0.717, 1.165) is 18.5 Å². The van der Waals surface area contributed by atoms with E-state index in [-0.39, 0.29) is 0 Å². The van der Waals surface area contributed by atoms with Gasteiger partial charge in [0.1, 0.15) is 0 Å². The van der Waals surface area contributed by atoms with E-state index >= 15 is 0 Å². The molecule has 90 valence electrons. The van der Waals surface area contributed by atoms with E-state index in [1.165, 1.54) is 45.3 Å². The van der Waals surface area contributed by atoms with Crippen molar-refractivity contribution in [3.63, 3.8) is 0 Å². The third-order valence-electron chi connectivity index (χ3n) is 3.78. The molecule has 0 aliphatic carbocycles. The summed E-state index contributed by atoms with van der Waals surface area (Å²) in [5.74, 6) is 0.909. The molecule has 1 heterocycles. The zero-order valence-corrected chi connectivity index (χ0v) is 10.8. The highest BCUT2D eigenvalue weighted by Crippen LogP contribution is 2.20. The van der Waals surface area contributed by atoms with Crippen LogP contribution in [0.5, 0.6) is 0 Å². The van der Waals surface area contributed by atoms with Crippen molar-refractivity contribution in [3.05, 3.63) is 0 Å². The van der Waals surface area contributed by atoms with Gasteiger partial charge in [0.25, 0.3) is 0 Å². The van der Waals surface area contributed by atoms with Crippen LogP contribution in [0.4, 0.5) is 0 Å². The fourth-order valence-corrected chi connectivity index (χ4v) is 2.56. The Morgan fingerprint density at radius 1 is 1.27 bits per heavy atom. The second-order valence-electron chi connectivity index (χ2n) is 4.78. The van der Waals surface area contributed by atoms with Crippen LogP contribution in [-0.2, 0) is 0 Å². The van der Waals surface area contributed by atoms with E-state index in [0.29, 0.717) is 0 Å². The first-order valence-electron chi connectivity index (χ1n) is 6.76. The summed E-state index contributed by atoms with van der Waals surface area (Å²) in [7, 11) is 0. The van der Waals surface area contributed by atoms with Gasteiger partial charge in [0.2, 0.25) is 0 Å². The maximum absolute atomic E-state index is 3.49. The molecule has 0 radical (unpaired) electrons. The number of likely N-dealkylation sites (N-methyl/N-ethyl adjacent to an activating group) is 1. The molecule has 1 unspecified atom stereocenters. The first-order valence-corrected chi connectivity index (χ1v) is 6.76. The minimum Gasteiger partial charge on any atom is -0.315 e. The Hall–Kier alpha value is -0.0800. The molecule has 0 aromatic carbocycles. The Balaban J connectivity index is 2.31. The lowest BCUT2D eigenvalue weighted by atomic mass is 10.0. The van der Waals surface area contributed by atoms with Gasteiger partial charge in [-0.15, -0.1) is 0 Å². The van der Waals surface area contributed by atoms with Gasteiger partial charge in [-0.05, 0) is 31.8 Å². The third-order valence-corrected chi connectivity index (χ3v) is 3.78. The van der Waals surface area contributed by atoms with Crippen LogP contribution in [0.2, 0.25) is 0 Å². The van der Waals surface area contributed by atoms with E-state index in [1.54, 1.807) is 0 Å². The summed E-state index contributed by atoms with van der Waals surface area (Å²) in [5, 5.41) is 3.49. The molecule has 0 amide bonds. The van der Waals surface area contributed by atoms with Gasteiger partial charge in [-0.2, -0.15) is 0 Å². The van der Waals surface area contributed by atoms with E-state index in [1.807, 2.05) is 0 Å². The average molecular weight is 212 g/mol. The van der Waals surface area contributed by atoms with Crippen molar-refractivity contribution in [2.75, 3.05) is 26.2 Å². The summed E-state index contributed by atoms with van der Waals surface area (Å²) in [6, 6.07) is 0.811. The van der Waals surface area contributed by atoms with E-state index < -0.39 is 0 Å². The van der Waals surface area contributed by atoms with Crippen molar-refractivity contribution < 1.29 is 0 Å². The number of nitrogens with one attached hydrogen (secondary N) is 1. The molecule has 1 fully saturated rings. The maximum Gasteiger partial charge on any atom is 0.0221 e. The predicted molar refractivity (Wildman–Crippen MR) is 67.2 cm³/mol. The van der Waals surface area contributed by atoms with Gasteiger partial charge in [-0.25, -0.2) is 0 Å². The first-order chi connectivity index (χ1) is 7.31. The van der Waals surface area contributed by atoms with Crippen LogP contribution in [0.3, 0.4) is 0 Å². The van der Waals surface area contributed by atoms with Crippen LogP contribution < -0.4 is 5.32 Å². The van der Waals surface area contributed by atoms with Crippen molar-refractivity contribution in [1.29, 1.82) is 0 Å². The van der Waals surface area contributed by atoms with Gasteiger partial charge in [-0.1, -0.05) is 33.6 Å². The van der Waals surface area contributed by atoms with E-state index in [9.17, 15) is 0 Å². The van der Waals surface area contributed by atoms with Crippen LogP contribution in [0, 0.1) is 5.92 Å². The molecule has 1 rings (SSSR count). The fourth-order valence-electron chi connectivity index (χ4n) is 2.56. The molecule has 1 aliphatic heterocycles. The summed E-state index contributed by atoms with van der Waals surface area (Å²) in [4.78, 5) is 2.71. The van der Waals surface area contributed by atoms with E-state index in [2.05, 4.69) is 31.0 Å². The minimum absolute atomic E-state index is 0.811. The predicted octanol–water partition coefficient (Wildman–Crippen LogP) is 2.50. The van der Waals surface area contributed by atoms with Crippen molar-refractivity contribution >= 4 is 0 Å². The molecule has 2 nitrogen and oxygen atoms in total. The zero-order valence-electron chi connectivity index (χ0n) is 10.8. The monoisotopic (exact) mass is 212 g/mol. The van der Waals surface area contributed by atoms with Crippen LogP contribution in [-0.4, -0.2) is 37.1 Å². The molecule has 0 bridgehead atoms. The lowest BCUT2D eigenvalue weighted by molar-refractivity contribution is 0.205. The first kappa shape index (κ1) is 13.0. The largest absolute Gasteiger partial charge is 0.315 e. The molecule has 15 heavy (non-hydrogen) atoms. The Morgan fingerprint density at radius 3 is 2.60 bits per heavy atom. The minimum atomic E-state index is 0.811. The number of nitrogens with zero attached hydrogens (tertiary/aromatic N) is 1. The third kappa shape index (κ3) is 4.12. The van der Waals surface area contributed by atoms with Crippen molar-refractivity contribution in [2.24, 2.45) is 5.92 Å². The number of hydrogen-bond donors (Lipinski definition) is 1. The van der Waals surface area contributed by atoms with Crippen molar-refractivity contribution in [1.82, 2.24) is 10.2 Å². The highest BCUT2D eigenvalue weighted by molar-refractivity contribution is 4.82. The molecular weight excluding hydrogens is 184 g/mol. The molecule has 1 atom stereocenters. The maximum atomic E-state index is 3.49. The molecule has 2 heteroatoms. The molecule has 1 aliphatic rings. The molecule has 0 aromatic rings. The van der Waals surface area contributed by atoms with Gasteiger partial charge >= 0.3 is 0 Å². The lowest BCUT2D eigenvalue weighted by Gasteiger charge is -2.28. The van der Waals surface area contributed by atoms with Crippen molar-refractivity contribution in [3.8, 4) is 0 Å². The van der Waals surface area contributed by atoms with Crippen LogP contribution in [0.1, 0.15) is 46.5 Å². The molecule has 0 saturated carbocycles. The topological polar surface area (TPSA) is 15.3 Å². The van der Waals surface area contributed by atoms with Gasteiger partial charge in [0.15, 0.2) is 0 Å². The normalized spacial score (nSPS) is 22.8. The number of likely N-dealkylation sites (tertiary alicyclic amines) is 1. The van der Waals surface area contributed by atoms with Gasteiger partial charge in [0, 0.05) is 19.1 Å². The van der Waals surface area contributed by atoms with Crippen LogP contribution in [0.25, 0.3) is 0 Å². The second kappa shape index (κ2) is 7.24. The highest BCUT2D eigenvalue weighted by atomic mass is 15.2. The van der Waals surface area contributed by atoms with Crippen LogP contribution in [0.15, 0.2) is 0 Å². The summed E-state index contributed by atoms with van der Waals surface area (Å²) in [5.41, 5.74) is 0. The lowest BCUT2D eigenvalue weighted by Crippen LogP contribution is -2.40. The van der Waals surface area contributed by atoms with Crippen molar-refractivity contribution in [2.45, 2.75) is 52.5 Å². The van der Waals surface area contributed by atoms with Crippen LogP contribution >= 0.6 is 0 Å². The summed E-state index contributed by atoms with van der Waals surface area (Å²) in [6.45, 7) is 11.8. The average Bonchev–Trinajstić information content (AvgIpc) is 2.70. The summed E-state index contributed by atoms with van der Waals surface area (Å²) >= 11 is 0. The number of rotatable bonds is 7. The quantitative estimate of drug-likeness (QED) is 0.697. The Labute approximate surface area is 95.4 Å². The highest BCUT2D eigenvalue weighted by Gasteiger charge is 2.25. The Morgan fingerprint density at radius 2 is 2.00 bits per heavy atom. The zero-order chi connectivity index (χ0) is 11.1. The SMILES string of the molecule is CCNCC1CCCN1CC(CC)CC. The smallest absolute Gasteiger partial charge is 0.0221 e. The molecule has 1 saturated heterocycles. The molecule has 0 spiro atoms. The van der Waals surface area contributed by atoms with Gasteiger partial charge in [0.05, 0.1) is 0 Å². The van der Waals surface area contributed by atoms with Gasteiger partial charge in [-0.3, -0.25) is 4.90 Å².